The van der Waals surface area contributed by atoms with Crippen molar-refractivity contribution in [3.8, 4) is 11.3 Å². The number of nitrogens with one attached hydrogen (secondary N) is 4. The molecule has 0 bridgehead atoms. The van der Waals surface area contributed by atoms with Crippen LogP contribution < -0.4 is 25.0 Å². The molecule has 0 radical (unpaired) electrons. The number of imide groups is 1. The lowest BCUT2D eigenvalue weighted by molar-refractivity contribution is -0.139. The van der Waals surface area contributed by atoms with E-state index in [0.29, 0.717) is 74.1 Å². The van der Waals surface area contributed by atoms with E-state index in [2.05, 4.69) is 46.9 Å². The van der Waals surface area contributed by atoms with E-state index in [1.54, 1.807) is 30.5 Å². The van der Waals surface area contributed by atoms with Crippen LogP contribution in [0.2, 0.25) is 0 Å². The summed E-state index contributed by atoms with van der Waals surface area (Å²) >= 11 is 0. The number of rotatable bonds is 14. The smallest absolute Gasteiger partial charge is 0.299 e. The number of amides is 4. The van der Waals surface area contributed by atoms with Crippen LogP contribution in [0.5, 0.6) is 0 Å². The van der Waals surface area contributed by atoms with Crippen LogP contribution in [-0.4, -0.2) is 134 Å². The summed E-state index contributed by atoms with van der Waals surface area (Å²) < 4.78 is 33.2. The summed E-state index contributed by atoms with van der Waals surface area (Å²) in [5, 5.41) is 5.52. The number of anilines is 2. The molecule has 1 unspecified atom stereocenters. The van der Waals surface area contributed by atoms with Gasteiger partial charge in [-0.3, -0.25) is 34.1 Å². The van der Waals surface area contributed by atoms with E-state index in [0.717, 1.165) is 88.8 Å². The number of hydrogen-bond acceptors (Lipinski definition) is 10. The summed E-state index contributed by atoms with van der Waals surface area (Å²) in [6.07, 6.45) is 11.7. The Morgan fingerprint density at radius 2 is 1.56 bits per heavy atom. The molecule has 4 amide bonds. The molecule has 2 aromatic heterocycles. The van der Waals surface area contributed by atoms with E-state index in [1.165, 1.54) is 5.69 Å². The number of imidazole rings is 1. The summed E-state index contributed by atoms with van der Waals surface area (Å²) in [7, 11) is -3.84. The highest BCUT2D eigenvalue weighted by Crippen LogP contribution is 2.30. The molecule has 1 aliphatic carbocycles. The van der Waals surface area contributed by atoms with Gasteiger partial charge in [-0.2, -0.15) is 13.1 Å². The molecule has 1 saturated carbocycles. The minimum Gasteiger partial charge on any atom is -0.372 e. The maximum absolute atomic E-state index is 13.6. The minimum atomic E-state index is -3.84. The van der Waals surface area contributed by atoms with E-state index in [-0.39, 0.29) is 48.1 Å². The highest BCUT2D eigenvalue weighted by Gasteiger charge is 2.32. The minimum absolute atomic E-state index is 0.0549. The number of fused-ring (bicyclic) bond motifs is 1. The molecule has 4 aromatic rings. The predicted molar refractivity (Wildman–Crippen MR) is 245 cm³/mol. The fourth-order valence-corrected chi connectivity index (χ4v) is 10.7. The average molecular weight is 893 g/mol. The molecule has 5 aliphatic rings. The topological polar surface area (TPSA) is 181 Å². The van der Waals surface area contributed by atoms with Crippen molar-refractivity contribution in [3.63, 3.8) is 0 Å². The lowest BCUT2D eigenvalue weighted by Gasteiger charge is -2.40. The van der Waals surface area contributed by atoms with Gasteiger partial charge >= 0.3 is 0 Å². The summed E-state index contributed by atoms with van der Waals surface area (Å²) in [5.74, 6) is 0.196. The molecule has 340 valence electrons. The normalized spacial score (nSPS) is 21.2. The number of carbonyl (C=O) groups excluding carboxylic acids is 4. The zero-order valence-corrected chi connectivity index (χ0v) is 37.2. The molecule has 1 atom stereocenters. The van der Waals surface area contributed by atoms with Crippen molar-refractivity contribution < 1.29 is 27.6 Å². The van der Waals surface area contributed by atoms with E-state index >= 15 is 0 Å². The molecular formula is C47H60N10O6S. The first-order valence-corrected chi connectivity index (χ1v) is 24.6. The second kappa shape index (κ2) is 19.4. The number of hydrogen-bond donors (Lipinski definition) is 4. The van der Waals surface area contributed by atoms with E-state index in [1.807, 2.05) is 39.8 Å². The summed E-state index contributed by atoms with van der Waals surface area (Å²) in [5.41, 5.74) is 5.20. The van der Waals surface area contributed by atoms with Crippen molar-refractivity contribution in [1.29, 1.82) is 0 Å². The maximum atomic E-state index is 13.6. The lowest BCUT2D eigenvalue weighted by Crippen LogP contribution is -2.53. The molecule has 5 fully saturated rings. The van der Waals surface area contributed by atoms with E-state index in [4.69, 9.17) is 4.98 Å². The third-order valence-corrected chi connectivity index (χ3v) is 15.0. The summed E-state index contributed by atoms with van der Waals surface area (Å²) in [4.78, 5) is 63.9. The summed E-state index contributed by atoms with van der Waals surface area (Å²) in [6, 6.07) is 19.2. The quantitative estimate of drug-likeness (QED) is 0.136. The van der Waals surface area contributed by atoms with Crippen LogP contribution in [0.25, 0.3) is 16.9 Å². The molecule has 0 spiro atoms. The molecule has 17 heteroatoms. The van der Waals surface area contributed by atoms with Crippen LogP contribution in [0.4, 0.5) is 11.4 Å². The zero-order valence-electron chi connectivity index (χ0n) is 36.4. The van der Waals surface area contributed by atoms with Crippen molar-refractivity contribution >= 4 is 50.9 Å². The predicted octanol–water partition coefficient (Wildman–Crippen LogP) is 3.82. The molecule has 6 heterocycles. The van der Waals surface area contributed by atoms with Gasteiger partial charge in [0.1, 0.15) is 5.65 Å². The Labute approximate surface area is 375 Å². The number of benzene rings is 2. The Kier molecular flexibility index (Phi) is 13.3. The average Bonchev–Trinajstić information content (AvgIpc) is 3.72. The number of nitrogens with zero attached hydrogens (tertiary/aromatic N) is 6. The molecule has 64 heavy (non-hydrogen) atoms. The van der Waals surface area contributed by atoms with Gasteiger partial charge in [-0.15, -0.1) is 0 Å². The van der Waals surface area contributed by atoms with Crippen molar-refractivity contribution in [2.75, 3.05) is 81.6 Å². The molecule has 4 N–H and O–H groups in total. The zero-order chi connectivity index (χ0) is 44.2. The van der Waals surface area contributed by atoms with Gasteiger partial charge in [-0.05, 0) is 112 Å². The Morgan fingerprint density at radius 3 is 2.28 bits per heavy atom. The van der Waals surface area contributed by atoms with Gasteiger partial charge in [0.15, 0.2) is 0 Å². The number of piperidine rings is 3. The standard InChI is InChI=1S/C47H60N10O6S/c58-44-14-12-41(46(60)51-44)34-7-10-40(11-8-34)55-22-15-33(16-23-55)30-54-20-17-35(18-21-54)47(61)56-27-25-53(26-28-56)24-19-48-64(62,63)52-39-6-1-3-36(29-39)42-32-57-31-37(9-13-43(57)50-42)45(59)49-38-4-2-5-38/h1,3,6-11,13,29,31-33,35,38,41,48,52H,2,4-5,12,14-28,30H2,(H,49,59)(H,51,58,60). The molecule has 4 saturated heterocycles. The lowest BCUT2D eigenvalue weighted by atomic mass is 9.90. The number of likely N-dealkylation sites (tertiary alicyclic amines) is 1. The second-order valence-electron chi connectivity index (χ2n) is 18.3. The van der Waals surface area contributed by atoms with E-state index < -0.39 is 10.2 Å². The molecular weight excluding hydrogens is 833 g/mol. The van der Waals surface area contributed by atoms with Crippen LogP contribution in [0.3, 0.4) is 0 Å². The Bertz CT molecular complexity index is 2430. The highest BCUT2D eigenvalue weighted by molar-refractivity contribution is 7.90. The van der Waals surface area contributed by atoms with Crippen molar-refractivity contribution in [1.82, 2.24) is 39.4 Å². The largest absolute Gasteiger partial charge is 0.372 e. The number of piperazine rings is 1. The van der Waals surface area contributed by atoms with Crippen LogP contribution in [0, 0.1) is 11.8 Å². The Hall–Kier alpha value is -5.36. The number of carbonyl (C=O) groups is 4. The third kappa shape index (κ3) is 10.6. The second-order valence-corrected chi connectivity index (χ2v) is 19.8. The van der Waals surface area contributed by atoms with Gasteiger partial charge in [-0.1, -0.05) is 24.3 Å². The van der Waals surface area contributed by atoms with Gasteiger partial charge in [0.25, 0.3) is 16.1 Å². The number of pyridine rings is 1. The molecule has 9 rings (SSSR count). The Morgan fingerprint density at radius 1 is 0.797 bits per heavy atom. The van der Waals surface area contributed by atoms with Crippen LogP contribution >= 0.6 is 0 Å². The third-order valence-electron chi connectivity index (χ3n) is 13.9. The summed E-state index contributed by atoms with van der Waals surface area (Å²) in [6.45, 7) is 8.44. The van der Waals surface area contributed by atoms with Gasteiger partial charge in [0, 0.05) is 101 Å². The van der Waals surface area contributed by atoms with Crippen molar-refractivity contribution in [3.05, 3.63) is 84.2 Å². The van der Waals surface area contributed by atoms with Crippen molar-refractivity contribution in [2.45, 2.75) is 69.7 Å². The van der Waals surface area contributed by atoms with Crippen LogP contribution in [0.1, 0.15) is 79.6 Å². The molecule has 16 nitrogen and oxygen atoms in total. The fourth-order valence-electron chi connectivity index (χ4n) is 9.84. The Balaban J connectivity index is 0.659. The number of aromatic nitrogens is 2. The van der Waals surface area contributed by atoms with Crippen LogP contribution in [0.15, 0.2) is 73.1 Å². The van der Waals surface area contributed by atoms with Crippen LogP contribution in [-0.2, 0) is 24.6 Å². The molecule has 2 aromatic carbocycles. The first-order chi connectivity index (χ1) is 31.0. The fraction of sp³-hybridized carbons (Fsp3) is 0.511. The van der Waals surface area contributed by atoms with Gasteiger partial charge < -0.3 is 24.4 Å². The first-order valence-electron chi connectivity index (χ1n) is 23.1. The molecule has 4 aliphatic heterocycles. The highest BCUT2D eigenvalue weighted by atomic mass is 32.2. The first kappa shape index (κ1) is 43.9. The van der Waals surface area contributed by atoms with E-state index in [9.17, 15) is 27.6 Å². The van der Waals surface area contributed by atoms with Gasteiger partial charge in [0.05, 0.1) is 22.9 Å². The van der Waals surface area contributed by atoms with Gasteiger partial charge in [-0.25, -0.2) is 4.98 Å². The maximum Gasteiger partial charge on any atom is 0.299 e. The monoisotopic (exact) mass is 892 g/mol. The SMILES string of the molecule is O=C1CCC(c2ccc(N3CCC(CN4CCC(C(=O)N5CCN(CCNS(=O)(=O)Nc6cccc(-c7cn8cc(C(=O)NC9CCC9)ccc8n7)c6)CC5)CC4)CC3)cc2)C(=O)N1. The van der Waals surface area contributed by atoms with Crippen molar-refractivity contribution in [2.24, 2.45) is 11.8 Å². The van der Waals surface area contributed by atoms with Gasteiger partial charge in [0.2, 0.25) is 17.7 Å².